The first-order valence-corrected chi connectivity index (χ1v) is 25.0. The second kappa shape index (κ2) is 5.37. The molecule has 0 amide bonds. The van der Waals surface area contributed by atoms with E-state index in [0.717, 1.165) is 26.1 Å². The van der Waals surface area contributed by atoms with E-state index in [1.54, 1.807) is 291 Å². The van der Waals surface area contributed by atoms with Gasteiger partial charge in [-0.3, -0.25) is 0 Å². The van der Waals surface area contributed by atoms with E-state index >= 15 is 0 Å². The summed E-state index contributed by atoms with van der Waals surface area (Å²) < 4.78 is 16.7. The van der Waals surface area contributed by atoms with Crippen LogP contribution in [0.2, 0.25) is 0 Å². The molecule has 0 aromatic heterocycles. The van der Waals surface area contributed by atoms with E-state index < -0.39 is 11.2 Å². The Hall–Kier alpha value is -7.62. The van der Waals surface area contributed by atoms with Gasteiger partial charge in [-0.15, -0.1) is 0 Å². The van der Waals surface area contributed by atoms with Crippen molar-refractivity contribution in [2.75, 3.05) is 13.2 Å². The number of hydrogen-bond donors (Lipinski definition) is 0. The predicted octanol–water partition coefficient (Wildman–Crippen LogP) is 17.0. The van der Waals surface area contributed by atoms with Crippen LogP contribution in [0.5, 0.6) is 0 Å². The van der Waals surface area contributed by atoms with Crippen molar-refractivity contribution < 1.29 is 9.47 Å². The lowest BCUT2D eigenvalue weighted by Crippen LogP contribution is -2.56. The summed E-state index contributed by atoms with van der Waals surface area (Å²) in [6.45, 7) is 1.53. The molecule has 1 heterocycles. The summed E-state index contributed by atoms with van der Waals surface area (Å²) in [6.07, 6.45) is 2.06. The third-order valence-electron chi connectivity index (χ3n) is 24.3. The lowest BCUT2D eigenvalue weighted by atomic mass is 9.61. The van der Waals surface area contributed by atoms with Crippen LogP contribution in [-0.4, -0.2) is 13.2 Å². The zero-order chi connectivity index (χ0) is 38.7. The molecule has 28 aromatic carbocycles. The summed E-state index contributed by atoms with van der Waals surface area (Å²) in [7, 11) is 0. The molecule has 4 aliphatic carbocycles. The topological polar surface area (TPSA) is 18.5 Å². The molecule has 0 bridgehead atoms. The van der Waals surface area contributed by atoms with Crippen LogP contribution < -0.4 is 0 Å². The van der Waals surface area contributed by atoms with Crippen molar-refractivity contribution >= 4 is 291 Å². The summed E-state index contributed by atoms with van der Waals surface area (Å²) in [5.41, 5.74) is 4.58. The van der Waals surface area contributed by atoms with Crippen molar-refractivity contribution in [3.05, 3.63) is 22.3 Å². The smallest absolute Gasteiger partial charge is 0.158 e. The van der Waals surface area contributed by atoms with Crippen molar-refractivity contribution in [3.63, 3.8) is 0 Å². The molecule has 0 N–H and O–H groups in total. The molecule has 276 valence electrons. The Morgan fingerprint density at radius 1 is 0.152 bits per heavy atom. The maximum Gasteiger partial charge on any atom is 0.158 e. The maximum absolute atomic E-state index is 8.34. The average molecular weight is 809 g/mol. The van der Waals surface area contributed by atoms with Crippen LogP contribution in [0.3, 0.4) is 0 Å². The minimum Gasteiger partial charge on any atom is -0.362 e. The van der Waals surface area contributed by atoms with Gasteiger partial charge in [0.25, 0.3) is 0 Å². The normalized spacial score (nSPS) is 23.8. The first-order valence-electron chi connectivity index (χ1n) is 25.0. The Bertz CT molecular complexity index is 6410. The van der Waals surface area contributed by atoms with Crippen molar-refractivity contribution in [1.29, 1.82) is 0 Å². The molecule has 33 rings (SSSR count). The van der Waals surface area contributed by atoms with Gasteiger partial charge in [0.1, 0.15) is 0 Å². The third-order valence-corrected chi connectivity index (χ3v) is 24.3. The van der Waals surface area contributed by atoms with E-state index in [-0.39, 0.29) is 0 Å². The first kappa shape index (κ1) is 24.1. The third kappa shape index (κ3) is 1.22. The molecule has 0 saturated carbocycles. The molecule has 1 saturated heterocycles. The SMILES string of the molecule is C1CCOC23c4c5c6c7c8c9c(c%10c%11c2c2c4c4c%12c5c5c6c6c8c8c%13c9c9c%10c%10c%11c%11c2c2c4c4c%12c%12c5c5c6c8c6c8c%13c9c9c%10c%10c%11c2c2c4c4c%12c5c6c5c8c9c%10c2c45)C73OC1. The average Bonchev–Trinajstić information content (AvgIpc) is 4.16. The van der Waals surface area contributed by atoms with Crippen molar-refractivity contribution in [1.82, 2.24) is 0 Å². The quantitative estimate of drug-likeness (QED) is 0.142. The van der Waals surface area contributed by atoms with Crippen molar-refractivity contribution in [2.45, 2.75) is 24.0 Å². The number of hydrogen-bond acceptors (Lipinski definition) is 2. The van der Waals surface area contributed by atoms with Gasteiger partial charge in [0.05, 0.1) is 0 Å². The fourth-order valence-corrected chi connectivity index (χ4v) is 24.3. The van der Waals surface area contributed by atoms with Crippen LogP contribution in [0.1, 0.15) is 35.1 Å². The predicted molar refractivity (Wildman–Crippen MR) is 275 cm³/mol. The van der Waals surface area contributed by atoms with Crippen molar-refractivity contribution in [3.8, 4) is 0 Å². The molecular formula is C64H8O2. The second-order valence-corrected chi connectivity index (χ2v) is 24.5. The Labute approximate surface area is 358 Å². The molecular weight excluding hydrogens is 801 g/mol. The molecule has 2 spiro atoms. The highest BCUT2D eigenvalue weighted by Crippen LogP contribution is 2.84. The van der Waals surface area contributed by atoms with Gasteiger partial charge in [-0.25, -0.2) is 0 Å². The van der Waals surface area contributed by atoms with Gasteiger partial charge in [-0.05, 0) is 304 Å². The molecule has 1 fully saturated rings. The molecule has 0 atom stereocenters. The van der Waals surface area contributed by atoms with Crippen LogP contribution >= 0.6 is 0 Å². The first-order chi connectivity index (χ1) is 32.9. The fraction of sp³-hybridized carbons (Fsp3) is 0.0938. The highest BCUT2D eigenvalue weighted by molar-refractivity contribution is 6.82. The molecule has 28 aromatic rings. The lowest BCUT2D eigenvalue weighted by molar-refractivity contribution is -0.189. The number of benzene rings is 18. The van der Waals surface area contributed by atoms with Crippen LogP contribution in [-0.2, 0) is 20.7 Å². The van der Waals surface area contributed by atoms with E-state index in [9.17, 15) is 0 Å². The Kier molecular flexibility index (Phi) is 1.96. The van der Waals surface area contributed by atoms with E-state index in [0.29, 0.717) is 0 Å². The fourth-order valence-electron chi connectivity index (χ4n) is 24.3. The van der Waals surface area contributed by atoms with E-state index in [1.165, 1.54) is 22.3 Å². The molecule has 2 heteroatoms. The zero-order valence-corrected chi connectivity index (χ0v) is 33.6. The maximum atomic E-state index is 8.34. The standard InChI is InChI=1S/C64H8O2/c1-2-4-66-64-61-53-45-35-25-17-9-6-5-7-11-13(9)21-27-19(11)29-23-15(7)16-8(5)12-14-10(6)18(17)26-32-22(14)28-20(12)30-24(16)34-33(23)43-37(29)47-41(27)49(39(45)31(21)25)57(61)55(47)59-51(43)52-44(34)38(30)48-42(28)50-40(32)46(36(26)35)54(53)62(64)58(50)56(48)60(52)63(59,64)65-3-1/h1-4H2. The molecule has 1 aliphatic heterocycles. The molecule has 0 radical (unpaired) electrons. The van der Waals surface area contributed by atoms with Gasteiger partial charge in [0, 0.05) is 35.5 Å². The largest absolute Gasteiger partial charge is 0.362 e. The van der Waals surface area contributed by atoms with Crippen LogP contribution in [0.15, 0.2) is 0 Å². The summed E-state index contributed by atoms with van der Waals surface area (Å²) in [4.78, 5) is 0. The molecule has 66 heavy (non-hydrogen) atoms. The second-order valence-electron chi connectivity index (χ2n) is 24.5. The summed E-state index contributed by atoms with van der Waals surface area (Å²) in [5, 5.41) is 87.3. The van der Waals surface area contributed by atoms with E-state index in [2.05, 4.69) is 0 Å². The molecule has 5 aliphatic rings. The number of ether oxygens (including phenoxy) is 2. The van der Waals surface area contributed by atoms with Crippen LogP contribution in [0.4, 0.5) is 0 Å². The van der Waals surface area contributed by atoms with Crippen LogP contribution in [0, 0.1) is 0 Å². The van der Waals surface area contributed by atoms with Gasteiger partial charge in [0.2, 0.25) is 0 Å². The van der Waals surface area contributed by atoms with Gasteiger partial charge < -0.3 is 9.47 Å². The Balaban J connectivity index is 1.26. The van der Waals surface area contributed by atoms with E-state index in [1.807, 2.05) is 0 Å². The van der Waals surface area contributed by atoms with Crippen molar-refractivity contribution in [2.24, 2.45) is 0 Å². The van der Waals surface area contributed by atoms with Gasteiger partial charge in [-0.2, -0.15) is 0 Å². The molecule has 2 nitrogen and oxygen atoms in total. The highest BCUT2D eigenvalue weighted by Gasteiger charge is 2.72. The molecule has 0 unspecified atom stereocenters. The zero-order valence-electron chi connectivity index (χ0n) is 33.6. The number of rotatable bonds is 0. The van der Waals surface area contributed by atoms with Crippen LogP contribution in [0.25, 0.3) is 291 Å². The summed E-state index contributed by atoms with van der Waals surface area (Å²) in [5.74, 6) is 0. The van der Waals surface area contributed by atoms with Gasteiger partial charge in [-0.1, -0.05) is 0 Å². The Morgan fingerprint density at radius 3 is 0.379 bits per heavy atom. The summed E-state index contributed by atoms with van der Waals surface area (Å²) >= 11 is 0. The monoisotopic (exact) mass is 808 g/mol. The highest BCUT2D eigenvalue weighted by atomic mass is 16.6. The van der Waals surface area contributed by atoms with Gasteiger partial charge >= 0.3 is 0 Å². The Morgan fingerprint density at radius 2 is 0.258 bits per heavy atom. The van der Waals surface area contributed by atoms with E-state index in [4.69, 9.17) is 9.47 Å². The van der Waals surface area contributed by atoms with Gasteiger partial charge in [0.15, 0.2) is 11.2 Å². The lowest BCUT2D eigenvalue weighted by Gasteiger charge is -2.53. The summed E-state index contributed by atoms with van der Waals surface area (Å²) in [6, 6.07) is 0. The minimum atomic E-state index is -0.765. The minimum absolute atomic E-state index is 0.765.